The summed E-state index contributed by atoms with van der Waals surface area (Å²) in [6.07, 6.45) is 46.9. The molecule has 0 fully saturated rings. The monoisotopic (exact) mass is 568 g/mol. The molecule has 0 aromatic heterocycles. The fourth-order valence-electron chi connectivity index (χ4n) is 6.29. The van der Waals surface area contributed by atoms with Gasteiger partial charge in [-0.15, -0.1) is 0 Å². The van der Waals surface area contributed by atoms with Crippen molar-refractivity contribution in [2.75, 3.05) is 27.2 Å². The van der Waals surface area contributed by atoms with Crippen LogP contribution in [0.5, 0.6) is 0 Å². The maximum absolute atomic E-state index is 2.47. The van der Waals surface area contributed by atoms with Crippen LogP contribution in [0.3, 0.4) is 0 Å². The zero-order chi connectivity index (χ0) is 28.5. The van der Waals surface area contributed by atoms with Crippen molar-refractivity contribution in [2.24, 2.45) is 0 Å². The fourth-order valence-corrected chi connectivity index (χ4v) is 6.29. The second kappa shape index (κ2) is 35.1. The third-order valence-electron chi connectivity index (χ3n) is 9.23. The van der Waals surface area contributed by atoms with E-state index in [0.29, 0.717) is 0 Å². The van der Waals surface area contributed by atoms with E-state index in [1.807, 2.05) is 0 Å². The van der Waals surface area contributed by atoms with Crippen molar-refractivity contribution >= 4 is 0 Å². The Balaban J connectivity index is 0. The van der Waals surface area contributed by atoms with Gasteiger partial charge in [0.25, 0.3) is 0 Å². The number of hydrogen-bond donors (Lipinski definition) is 1. The van der Waals surface area contributed by atoms with E-state index in [0.717, 1.165) is 0 Å². The van der Waals surface area contributed by atoms with Crippen molar-refractivity contribution in [2.45, 2.75) is 219 Å². The molecule has 0 amide bonds. The summed E-state index contributed by atoms with van der Waals surface area (Å²) in [6, 6.07) is 0. The summed E-state index contributed by atoms with van der Waals surface area (Å²) in [5.41, 5.74) is 0. The first kappa shape index (κ1) is 42.1. The molecule has 0 aliphatic carbocycles. The Morgan fingerprint density at radius 2 is 0.400 bits per heavy atom. The van der Waals surface area contributed by atoms with Crippen molar-refractivity contribution in [3.8, 4) is 0 Å². The Bertz CT molecular complexity index is 395. The first-order valence-corrected chi connectivity index (χ1v) is 18.9. The Hall–Kier alpha value is -0.0800. The second-order valence-electron chi connectivity index (χ2n) is 14.0. The number of unbranched alkanes of at least 4 members (excludes halogenated alkanes) is 30. The van der Waals surface area contributed by atoms with E-state index in [1.165, 1.54) is 223 Å². The lowest BCUT2D eigenvalue weighted by atomic mass is 10.0. The van der Waals surface area contributed by atoms with Crippen LogP contribution in [-0.2, 0) is 0 Å². The zero-order valence-corrected chi connectivity index (χ0v) is 29.2. The molecule has 0 saturated carbocycles. The van der Waals surface area contributed by atoms with Crippen molar-refractivity contribution in [3.63, 3.8) is 0 Å². The molecule has 0 rings (SSSR count). The quantitative estimate of drug-likeness (QED) is 0.0609. The fraction of sp³-hybridized carbons (Fsp3) is 1.00. The molecule has 0 radical (unpaired) electrons. The lowest BCUT2D eigenvalue weighted by Crippen LogP contribution is -2.41. The summed E-state index contributed by atoms with van der Waals surface area (Å²) in [5.74, 6) is 0. The van der Waals surface area contributed by atoms with Gasteiger partial charge in [-0.2, -0.15) is 0 Å². The van der Waals surface area contributed by atoms with Gasteiger partial charge in [-0.1, -0.05) is 194 Å². The van der Waals surface area contributed by atoms with Gasteiger partial charge in [0.15, 0.2) is 0 Å². The van der Waals surface area contributed by atoms with Gasteiger partial charge in [-0.25, -0.2) is 0 Å². The molecule has 244 valence electrons. The number of hydrogen-bond acceptors (Lipinski definition) is 1. The molecule has 40 heavy (non-hydrogen) atoms. The van der Waals surface area contributed by atoms with Crippen molar-refractivity contribution in [1.29, 1.82) is 0 Å². The average molecular weight is 568 g/mol. The van der Waals surface area contributed by atoms with E-state index in [1.54, 1.807) is 0 Å². The van der Waals surface area contributed by atoms with Gasteiger partial charge in [0.05, 0.1) is 27.2 Å². The third kappa shape index (κ3) is 35.9. The molecule has 0 spiro atoms. The largest absolute Gasteiger partial charge is 0.344 e. The minimum Gasteiger partial charge on any atom is -0.344 e. The Labute approximate surface area is 256 Å². The lowest BCUT2D eigenvalue weighted by molar-refractivity contribution is -0.890. The minimum absolute atomic E-state index is 0. The molecule has 0 aliphatic rings. The topological polar surface area (TPSA) is 35.0 Å². The summed E-state index contributed by atoms with van der Waals surface area (Å²) in [7, 11) is 4.94. The minimum atomic E-state index is 0. The van der Waals surface area contributed by atoms with Gasteiger partial charge < -0.3 is 10.6 Å². The first-order chi connectivity index (χ1) is 19.1. The van der Waals surface area contributed by atoms with Crippen LogP contribution >= 0.6 is 0 Å². The standard InChI is InChI=1S/C38H80N.H3N/c1-5-7-9-11-13-15-17-19-21-23-25-27-29-31-33-35-37-39(3,4)38-36-34-32-30-28-26-24-22-20-18-16-14-12-10-8-6-2;/h5-38H2,1-4H3;1H3/q+1;. The summed E-state index contributed by atoms with van der Waals surface area (Å²) in [6.45, 7) is 7.39. The molecule has 0 aliphatic heterocycles. The molecule has 0 heterocycles. The van der Waals surface area contributed by atoms with Gasteiger partial charge >= 0.3 is 0 Å². The SMILES string of the molecule is CCCCCCCCCCCCCCCCCC[N+](C)(C)CCCCCCCCCCCCCCCCCC.N. The van der Waals surface area contributed by atoms with Gasteiger partial charge in [-0.05, 0) is 25.7 Å². The highest BCUT2D eigenvalue weighted by atomic mass is 15.3. The van der Waals surface area contributed by atoms with Crippen LogP contribution in [0.25, 0.3) is 0 Å². The van der Waals surface area contributed by atoms with Crippen LogP contribution < -0.4 is 6.15 Å². The molecule has 0 unspecified atom stereocenters. The molecule has 0 saturated heterocycles. The lowest BCUT2D eigenvalue weighted by Gasteiger charge is -2.30. The molecule has 3 N–H and O–H groups in total. The highest BCUT2D eigenvalue weighted by Gasteiger charge is 2.13. The highest BCUT2D eigenvalue weighted by Crippen LogP contribution is 2.16. The third-order valence-corrected chi connectivity index (χ3v) is 9.23. The highest BCUT2D eigenvalue weighted by molar-refractivity contribution is 4.52. The van der Waals surface area contributed by atoms with Crippen molar-refractivity contribution in [1.82, 2.24) is 6.15 Å². The summed E-state index contributed by atoms with van der Waals surface area (Å²) in [4.78, 5) is 0. The van der Waals surface area contributed by atoms with E-state index < -0.39 is 0 Å². The van der Waals surface area contributed by atoms with Gasteiger partial charge in [0, 0.05) is 0 Å². The smallest absolute Gasteiger partial charge is 0.0782 e. The first-order valence-electron chi connectivity index (χ1n) is 18.9. The van der Waals surface area contributed by atoms with Crippen molar-refractivity contribution < 1.29 is 4.48 Å². The molecule has 2 nitrogen and oxygen atoms in total. The van der Waals surface area contributed by atoms with Crippen molar-refractivity contribution in [3.05, 3.63) is 0 Å². The maximum Gasteiger partial charge on any atom is 0.0782 e. The van der Waals surface area contributed by atoms with Crippen LogP contribution in [0.4, 0.5) is 0 Å². The molecule has 0 aromatic carbocycles. The molecule has 2 heteroatoms. The summed E-state index contributed by atoms with van der Waals surface area (Å²) in [5, 5.41) is 0. The maximum atomic E-state index is 2.47. The number of nitrogens with zero attached hydrogens (tertiary/aromatic N) is 1. The van der Waals surface area contributed by atoms with E-state index >= 15 is 0 Å². The van der Waals surface area contributed by atoms with Gasteiger partial charge in [0.2, 0.25) is 0 Å². The average Bonchev–Trinajstić information content (AvgIpc) is 2.92. The summed E-state index contributed by atoms with van der Waals surface area (Å²) < 4.78 is 1.25. The van der Waals surface area contributed by atoms with E-state index in [4.69, 9.17) is 0 Å². The zero-order valence-electron chi connectivity index (χ0n) is 29.2. The van der Waals surface area contributed by atoms with Crippen LogP contribution in [0.15, 0.2) is 0 Å². The Morgan fingerprint density at radius 3 is 0.575 bits per heavy atom. The Kier molecular flexibility index (Phi) is 36.9. The molecule has 0 aromatic rings. The normalized spacial score (nSPS) is 11.7. The number of rotatable bonds is 34. The molecular weight excluding hydrogens is 484 g/mol. The van der Waals surface area contributed by atoms with E-state index in [-0.39, 0.29) is 6.15 Å². The second-order valence-corrected chi connectivity index (χ2v) is 14.0. The predicted molar refractivity (Wildman–Crippen MR) is 186 cm³/mol. The van der Waals surface area contributed by atoms with Crippen LogP contribution in [0.2, 0.25) is 0 Å². The molecule has 0 atom stereocenters. The van der Waals surface area contributed by atoms with E-state index in [2.05, 4.69) is 27.9 Å². The van der Waals surface area contributed by atoms with Gasteiger partial charge in [0.1, 0.15) is 0 Å². The van der Waals surface area contributed by atoms with E-state index in [9.17, 15) is 0 Å². The van der Waals surface area contributed by atoms with Crippen LogP contribution in [0, 0.1) is 0 Å². The molecular formula is C38H83N2+. The number of quaternary nitrogens is 1. The predicted octanol–water partition coefficient (Wildman–Crippen LogP) is 13.7. The van der Waals surface area contributed by atoms with Gasteiger partial charge in [-0.3, -0.25) is 0 Å². The summed E-state index contributed by atoms with van der Waals surface area (Å²) >= 11 is 0. The van der Waals surface area contributed by atoms with Crippen LogP contribution in [-0.4, -0.2) is 31.7 Å². The molecule has 0 bridgehead atoms. The Morgan fingerprint density at radius 1 is 0.250 bits per heavy atom. The van der Waals surface area contributed by atoms with Crippen LogP contribution in [0.1, 0.15) is 219 Å².